The van der Waals surface area contributed by atoms with E-state index in [1.165, 1.54) is 11.3 Å². The van der Waals surface area contributed by atoms with Crippen molar-refractivity contribution >= 4 is 43.3 Å². The number of ether oxygens (including phenoxy) is 1. The number of nitrogens with zero attached hydrogens (tertiary/aromatic N) is 3. The molecule has 0 radical (unpaired) electrons. The number of aromatic nitrogens is 1. The third-order valence-electron chi connectivity index (χ3n) is 5.62. The quantitative estimate of drug-likeness (QED) is 0.769. The molecule has 140 valence electrons. The summed E-state index contributed by atoms with van der Waals surface area (Å²) in [6, 6.07) is 5.79. The molecule has 2 aromatic rings. The molecule has 5 rings (SSSR count). The first kappa shape index (κ1) is 17.4. The molecule has 3 fully saturated rings. The molecule has 6 nitrogen and oxygen atoms in total. The van der Waals surface area contributed by atoms with E-state index in [-0.39, 0.29) is 4.75 Å². The van der Waals surface area contributed by atoms with Gasteiger partial charge in [0.2, 0.25) is 10.0 Å². The van der Waals surface area contributed by atoms with Crippen LogP contribution < -0.4 is 0 Å². The summed E-state index contributed by atoms with van der Waals surface area (Å²) in [6.07, 6.45) is 1.08. The molecule has 0 N–H and O–H groups in total. The lowest BCUT2D eigenvalue weighted by Gasteiger charge is -2.46. The Kier molecular flexibility index (Phi) is 4.30. The molecule has 9 heteroatoms. The average Bonchev–Trinajstić information content (AvgIpc) is 3.27. The molecule has 26 heavy (non-hydrogen) atoms. The lowest BCUT2D eigenvalue weighted by Crippen LogP contribution is -2.61. The van der Waals surface area contributed by atoms with Gasteiger partial charge in [0, 0.05) is 42.7 Å². The highest BCUT2D eigenvalue weighted by atomic mass is 32.2. The van der Waals surface area contributed by atoms with Gasteiger partial charge in [0.15, 0.2) is 0 Å². The number of thiazole rings is 1. The molecule has 3 saturated heterocycles. The van der Waals surface area contributed by atoms with Crippen molar-refractivity contribution in [2.24, 2.45) is 0 Å². The summed E-state index contributed by atoms with van der Waals surface area (Å²) in [6.45, 7) is 4.88. The summed E-state index contributed by atoms with van der Waals surface area (Å²) in [5.41, 5.74) is 2.61. The van der Waals surface area contributed by atoms with E-state index in [9.17, 15) is 8.42 Å². The van der Waals surface area contributed by atoms with Crippen LogP contribution >= 0.6 is 23.1 Å². The Bertz CT molecular complexity index is 917. The van der Waals surface area contributed by atoms with Crippen molar-refractivity contribution in [1.29, 1.82) is 0 Å². The maximum absolute atomic E-state index is 13.0. The van der Waals surface area contributed by atoms with E-state index in [1.807, 2.05) is 11.8 Å². The third kappa shape index (κ3) is 2.89. The molecule has 0 amide bonds. The van der Waals surface area contributed by atoms with Crippen LogP contribution in [-0.4, -0.2) is 78.5 Å². The van der Waals surface area contributed by atoms with Crippen molar-refractivity contribution in [3.05, 3.63) is 23.7 Å². The van der Waals surface area contributed by atoms with Crippen LogP contribution in [0.4, 0.5) is 0 Å². The second-order valence-electron chi connectivity index (χ2n) is 7.26. The summed E-state index contributed by atoms with van der Waals surface area (Å²) < 4.78 is 34.1. The first-order chi connectivity index (χ1) is 12.6. The number of benzene rings is 1. The van der Waals surface area contributed by atoms with Crippen LogP contribution in [0.5, 0.6) is 0 Å². The van der Waals surface area contributed by atoms with E-state index in [1.54, 1.807) is 28.0 Å². The predicted octanol–water partition coefficient (Wildman–Crippen LogP) is 1.88. The van der Waals surface area contributed by atoms with Gasteiger partial charge in [-0.05, 0) is 24.6 Å². The zero-order valence-corrected chi connectivity index (χ0v) is 16.8. The molecular weight excluding hydrogens is 390 g/mol. The van der Waals surface area contributed by atoms with Gasteiger partial charge in [-0.3, -0.25) is 4.90 Å². The standard InChI is InChI=1S/C17H21N3O3S3/c21-26(22,14-1-2-15-16(7-14)24-12-18-15)20-10-17(11-20)8-13(9-25-17)19-3-5-23-6-4-19/h1-2,7,12-13H,3-6,8-11H2. The zero-order chi connectivity index (χ0) is 17.8. The fourth-order valence-electron chi connectivity index (χ4n) is 4.13. The molecule has 1 aromatic carbocycles. The Morgan fingerprint density at radius 1 is 1.23 bits per heavy atom. The first-order valence-corrected chi connectivity index (χ1v) is 12.2. The molecule has 1 aromatic heterocycles. The SMILES string of the molecule is O=S(=O)(c1ccc2ncsc2c1)N1CC2(CC(N3CCOCC3)CS2)C1. The van der Waals surface area contributed by atoms with Gasteiger partial charge in [-0.2, -0.15) is 16.1 Å². The topological polar surface area (TPSA) is 62.7 Å². The van der Waals surface area contributed by atoms with Gasteiger partial charge >= 0.3 is 0 Å². The third-order valence-corrected chi connectivity index (χ3v) is 9.79. The maximum Gasteiger partial charge on any atom is 0.243 e. The molecule has 3 aliphatic heterocycles. The van der Waals surface area contributed by atoms with Gasteiger partial charge < -0.3 is 4.74 Å². The van der Waals surface area contributed by atoms with E-state index >= 15 is 0 Å². The Hall–Kier alpha value is -0.710. The normalized spacial score (nSPS) is 27.2. The molecule has 1 spiro atoms. The van der Waals surface area contributed by atoms with Crippen LogP contribution in [-0.2, 0) is 14.8 Å². The summed E-state index contributed by atoms with van der Waals surface area (Å²) in [5, 5.41) is 0. The van der Waals surface area contributed by atoms with Crippen molar-refractivity contribution in [3.8, 4) is 0 Å². The number of thioether (sulfide) groups is 1. The highest BCUT2D eigenvalue weighted by Crippen LogP contribution is 2.48. The highest BCUT2D eigenvalue weighted by Gasteiger charge is 2.53. The molecule has 3 aliphatic rings. The van der Waals surface area contributed by atoms with E-state index in [4.69, 9.17) is 4.74 Å². The van der Waals surface area contributed by atoms with Crippen LogP contribution in [0.2, 0.25) is 0 Å². The first-order valence-electron chi connectivity index (χ1n) is 8.85. The minimum atomic E-state index is -3.41. The van der Waals surface area contributed by atoms with Gasteiger partial charge in [0.1, 0.15) is 0 Å². The minimum Gasteiger partial charge on any atom is -0.379 e. The Morgan fingerprint density at radius 3 is 2.85 bits per heavy atom. The number of sulfonamides is 1. The lowest BCUT2D eigenvalue weighted by molar-refractivity contribution is 0.0168. The second-order valence-corrected chi connectivity index (χ2v) is 11.6. The Balaban J connectivity index is 1.28. The summed E-state index contributed by atoms with van der Waals surface area (Å²) >= 11 is 3.43. The second kappa shape index (κ2) is 6.42. The predicted molar refractivity (Wildman–Crippen MR) is 104 cm³/mol. The summed E-state index contributed by atoms with van der Waals surface area (Å²) in [5.74, 6) is 1.10. The van der Waals surface area contributed by atoms with Gasteiger partial charge in [-0.25, -0.2) is 13.4 Å². The van der Waals surface area contributed by atoms with Crippen LogP contribution in [0.25, 0.3) is 10.2 Å². The average molecular weight is 412 g/mol. The number of morpholine rings is 1. The van der Waals surface area contributed by atoms with Crippen molar-refractivity contribution in [2.45, 2.75) is 22.1 Å². The molecule has 1 atom stereocenters. The molecule has 0 bridgehead atoms. The molecule has 1 unspecified atom stereocenters. The number of fused-ring (bicyclic) bond motifs is 1. The van der Waals surface area contributed by atoms with Crippen LogP contribution in [0.3, 0.4) is 0 Å². The number of hydrogen-bond acceptors (Lipinski definition) is 7. The monoisotopic (exact) mass is 411 g/mol. The minimum absolute atomic E-state index is 0.102. The van der Waals surface area contributed by atoms with Crippen molar-refractivity contribution in [3.63, 3.8) is 0 Å². The number of rotatable bonds is 3. The highest BCUT2D eigenvalue weighted by molar-refractivity contribution is 8.01. The lowest BCUT2D eigenvalue weighted by atomic mass is 9.93. The molecule has 0 aliphatic carbocycles. The largest absolute Gasteiger partial charge is 0.379 e. The van der Waals surface area contributed by atoms with Crippen molar-refractivity contribution < 1.29 is 13.2 Å². The van der Waals surface area contributed by atoms with E-state index in [0.29, 0.717) is 24.0 Å². The van der Waals surface area contributed by atoms with Gasteiger partial charge in [0.05, 0.1) is 33.8 Å². The summed E-state index contributed by atoms with van der Waals surface area (Å²) in [4.78, 5) is 7.12. The van der Waals surface area contributed by atoms with Crippen molar-refractivity contribution in [1.82, 2.24) is 14.2 Å². The molecule has 4 heterocycles. The molecule has 0 saturated carbocycles. The fraction of sp³-hybridized carbons (Fsp3) is 0.588. The fourth-order valence-corrected chi connectivity index (χ4v) is 8.40. The van der Waals surface area contributed by atoms with Gasteiger partial charge in [0.25, 0.3) is 0 Å². The van der Waals surface area contributed by atoms with E-state index in [2.05, 4.69) is 9.88 Å². The van der Waals surface area contributed by atoms with E-state index in [0.717, 1.165) is 48.7 Å². The van der Waals surface area contributed by atoms with Crippen LogP contribution in [0.15, 0.2) is 28.6 Å². The smallest absolute Gasteiger partial charge is 0.243 e. The van der Waals surface area contributed by atoms with Crippen LogP contribution in [0.1, 0.15) is 6.42 Å². The van der Waals surface area contributed by atoms with E-state index < -0.39 is 10.0 Å². The van der Waals surface area contributed by atoms with Crippen molar-refractivity contribution in [2.75, 3.05) is 45.1 Å². The van der Waals surface area contributed by atoms with Gasteiger partial charge in [-0.15, -0.1) is 11.3 Å². The zero-order valence-electron chi connectivity index (χ0n) is 14.3. The van der Waals surface area contributed by atoms with Gasteiger partial charge in [-0.1, -0.05) is 0 Å². The maximum atomic E-state index is 13.0. The Labute approximate surface area is 161 Å². The molecular formula is C17H21N3O3S3. The number of hydrogen-bond donors (Lipinski definition) is 0. The van der Waals surface area contributed by atoms with Crippen LogP contribution in [0, 0.1) is 0 Å². The summed E-state index contributed by atoms with van der Waals surface area (Å²) in [7, 11) is -3.41. The Morgan fingerprint density at radius 2 is 2.04 bits per heavy atom.